The predicted octanol–water partition coefficient (Wildman–Crippen LogP) is 1.73. The van der Waals surface area contributed by atoms with Gasteiger partial charge in [0.05, 0.1) is 6.61 Å². The summed E-state index contributed by atoms with van der Waals surface area (Å²) in [6.07, 6.45) is 5.73. The van der Waals surface area contributed by atoms with E-state index in [1.807, 2.05) is 24.1 Å². The van der Waals surface area contributed by atoms with Gasteiger partial charge in [0.2, 0.25) is 0 Å². The van der Waals surface area contributed by atoms with E-state index in [0.717, 1.165) is 23.7 Å². The second kappa shape index (κ2) is 6.04. The third-order valence-corrected chi connectivity index (χ3v) is 3.36. The van der Waals surface area contributed by atoms with Gasteiger partial charge in [0.25, 0.3) is 0 Å². The van der Waals surface area contributed by atoms with Crippen LogP contribution in [0.25, 0.3) is 0 Å². The van der Waals surface area contributed by atoms with Crippen LogP contribution in [-0.2, 0) is 9.53 Å². The van der Waals surface area contributed by atoms with Crippen LogP contribution in [0.2, 0.25) is 0 Å². The number of hydrogen-bond acceptors (Lipinski definition) is 6. The summed E-state index contributed by atoms with van der Waals surface area (Å²) in [5, 5.41) is 0.912. The Labute approximate surface area is 111 Å². The van der Waals surface area contributed by atoms with Crippen LogP contribution in [-0.4, -0.2) is 41.4 Å². The molecule has 0 aromatic carbocycles. The van der Waals surface area contributed by atoms with E-state index in [-0.39, 0.29) is 12.5 Å². The van der Waals surface area contributed by atoms with E-state index in [1.54, 1.807) is 18.1 Å². The van der Waals surface area contributed by atoms with E-state index in [2.05, 4.69) is 9.97 Å². The fraction of sp³-hybridized carbons (Fsp3) is 0.583. The summed E-state index contributed by atoms with van der Waals surface area (Å²) in [7, 11) is 0. The standard InChI is InChI=1S/C12H17N3O2S/c1-3-17-12(16)7-15(9-4-5-9)10-6-11(18-2)14-8-13-10/h6,8-9H,3-5,7H2,1-2H3. The Balaban J connectivity index is 2.11. The Morgan fingerprint density at radius 1 is 1.56 bits per heavy atom. The molecule has 1 aliphatic carbocycles. The topological polar surface area (TPSA) is 55.3 Å². The second-order valence-electron chi connectivity index (χ2n) is 4.08. The minimum absolute atomic E-state index is 0.200. The number of carbonyl (C=O) groups is 1. The van der Waals surface area contributed by atoms with Gasteiger partial charge in [0, 0.05) is 12.1 Å². The highest BCUT2D eigenvalue weighted by molar-refractivity contribution is 7.98. The molecular formula is C12H17N3O2S. The molecular weight excluding hydrogens is 250 g/mol. The number of nitrogens with zero attached hydrogens (tertiary/aromatic N) is 3. The molecule has 98 valence electrons. The first-order chi connectivity index (χ1) is 8.74. The maximum Gasteiger partial charge on any atom is 0.325 e. The van der Waals surface area contributed by atoms with Gasteiger partial charge < -0.3 is 9.64 Å². The molecule has 5 nitrogen and oxygen atoms in total. The number of rotatable bonds is 6. The Bertz CT molecular complexity index is 424. The molecule has 0 unspecified atom stereocenters. The zero-order valence-corrected chi connectivity index (χ0v) is 11.4. The van der Waals surface area contributed by atoms with Crippen molar-refractivity contribution in [1.82, 2.24) is 9.97 Å². The Hall–Kier alpha value is -1.30. The quantitative estimate of drug-likeness (QED) is 0.444. The molecule has 0 N–H and O–H groups in total. The van der Waals surface area contributed by atoms with Crippen LogP contribution < -0.4 is 4.90 Å². The van der Waals surface area contributed by atoms with Gasteiger partial charge >= 0.3 is 5.97 Å². The van der Waals surface area contributed by atoms with Crippen LogP contribution in [0.1, 0.15) is 19.8 Å². The van der Waals surface area contributed by atoms with Crippen LogP contribution >= 0.6 is 11.8 Å². The molecule has 0 saturated heterocycles. The van der Waals surface area contributed by atoms with Crippen LogP contribution in [0.15, 0.2) is 17.4 Å². The fourth-order valence-electron chi connectivity index (χ4n) is 1.73. The smallest absolute Gasteiger partial charge is 0.325 e. The largest absolute Gasteiger partial charge is 0.465 e. The summed E-state index contributed by atoms with van der Waals surface area (Å²) in [5.74, 6) is 0.610. The SMILES string of the molecule is CCOC(=O)CN(c1cc(SC)ncn1)C1CC1. The molecule has 0 bridgehead atoms. The maximum atomic E-state index is 11.6. The first-order valence-electron chi connectivity index (χ1n) is 6.03. The molecule has 1 saturated carbocycles. The monoisotopic (exact) mass is 267 g/mol. The predicted molar refractivity (Wildman–Crippen MR) is 70.8 cm³/mol. The molecule has 1 fully saturated rings. The van der Waals surface area contributed by atoms with Crippen molar-refractivity contribution >= 4 is 23.5 Å². The van der Waals surface area contributed by atoms with Gasteiger partial charge in [-0.15, -0.1) is 11.8 Å². The summed E-state index contributed by atoms with van der Waals surface area (Å²) in [5.41, 5.74) is 0. The lowest BCUT2D eigenvalue weighted by Gasteiger charge is -2.22. The molecule has 1 aromatic heterocycles. The van der Waals surface area contributed by atoms with Gasteiger partial charge in [0.15, 0.2) is 0 Å². The van der Waals surface area contributed by atoms with Gasteiger partial charge in [-0.25, -0.2) is 9.97 Å². The highest BCUT2D eigenvalue weighted by Crippen LogP contribution is 2.31. The van der Waals surface area contributed by atoms with Crippen molar-refractivity contribution < 1.29 is 9.53 Å². The molecule has 1 aromatic rings. The van der Waals surface area contributed by atoms with Gasteiger partial charge in [-0.3, -0.25) is 4.79 Å². The lowest BCUT2D eigenvalue weighted by atomic mass is 10.4. The van der Waals surface area contributed by atoms with Gasteiger partial charge in [-0.05, 0) is 26.0 Å². The normalized spacial score (nSPS) is 14.3. The molecule has 1 aliphatic rings. The summed E-state index contributed by atoms with van der Waals surface area (Å²) >= 11 is 1.57. The average molecular weight is 267 g/mol. The highest BCUT2D eigenvalue weighted by Gasteiger charge is 2.31. The minimum Gasteiger partial charge on any atom is -0.465 e. The van der Waals surface area contributed by atoms with Crippen molar-refractivity contribution in [2.45, 2.75) is 30.8 Å². The minimum atomic E-state index is -0.200. The second-order valence-corrected chi connectivity index (χ2v) is 4.91. The number of hydrogen-bond donors (Lipinski definition) is 0. The number of aromatic nitrogens is 2. The highest BCUT2D eigenvalue weighted by atomic mass is 32.2. The molecule has 0 amide bonds. The first-order valence-corrected chi connectivity index (χ1v) is 7.25. The summed E-state index contributed by atoms with van der Waals surface area (Å²) < 4.78 is 5.00. The van der Waals surface area contributed by atoms with Crippen LogP contribution in [0.3, 0.4) is 0 Å². The van der Waals surface area contributed by atoms with E-state index in [4.69, 9.17) is 4.74 Å². The Kier molecular flexibility index (Phi) is 4.41. The lowest BCUT2D eigenvalue weighted by molar-refractivity contribution is -0.141. The summed E-state index contributed by atoms with van der Waals surface area (Å²) in [4.78, 5) is 22.0. The Morgan fingerprint density at radius 3 is 2.94 bits per heavy atom. The fourth-order valence-corrected chi connectivity index (χ4v) is 2.10. The zero-order chi connectivity index (χ0) is 13.0. The molecule has 2 rings (SSSR count). The van der Waals surface area contributed by atoms with Crippen molar-refractivity contribution in [1.29, 1.82) is 0 Å². The van der Waals surface area contributed by atoms with Crippen LogP contribution in [0.4, 0.5) is 5.82 Å². The van der Waals surface area contributed by atoms with Crippen LogP contribution in [0, 0.1) is 0 Å². The van der Waals surface area contributed by atoms with Gasteiger partial charge in [-0.2, -0.15) is 0 Å². The maximum absolute atomic E-state index is 11.6. The van der Waals surface area contributed by atoms with Crippen molar-refractivity contribution in [3.63, 3.8) is 0 Å². The number of ether oxygens (including phenoxy) is 1. The lowest BCUT2D eigenvalue weighted by Crippen LogP contribution is -2.33. The number of thioether (sulfide) groups is 1. The van der Waals surface area contributed by atoms with Crippen molar-refractivity contribution in [2.24, 2.45) is 0 Å². The van der Waals surface area contributed by atoms with Crippen molar-refractivity contribution in [2.75, 3.05) is 24.3 Å². The third kappa shape index (κ3) is 3.35. The molecule has 0 radical (unpaired) electrons. The van der Waals surface area contributed by atoms with Gasteiger partial charge in [0.1, 0.15) is 23.7 Å². The van der Waals surface area contributed by atoms with E-state index in [9.17, 15) is 4.79 Å². The van der Waals surface area contributed by atoms with E-state index >= 15 is 0 Å². The molecule has 1 heterocycles. The average Bonchev–Trinajstić information content (AvgIpc) is 3.20. The molecule has 6 heteroatoms. The first kappa shape index (κ1) is 13.1. The zero-order valence-electron chi connectivity index (χ0n) is 10.6. The van der Waals surface area contributed by atoms with Crippen molar-refractivity contribution in [3.8, 4) is 0 Å². The molecule has 0 atom stereocenters. The van der Waals surface area contributed by atoms with Crippen molar-refractivity contribution in [3.05, 3.63) is 12.4 Å². The number of carbonyl (C=O) groups excluding carboxylic acids is 1. The number of esters is 1. The van der Waals surface area contributed by atoms with E-state index < -0.39 is 0 Å². The number of anilines is 1. The molecule has 18 heavy (non-hydrogen) atoms. The van der Waals surface area contributed by atoms with Crippen LogP contribution in [0.5, 0.6) is 0 Å². The van der Waals surface area contributed by atoms with E-state index in [0.29, 0.717) is 12.6 Å². The Morgan fingerprint density at radius 2 is 2.33 bits per heavy atom. The molecule has 0 spiro atoms. The van der Waals surface area contributed by atoms with Gasteiger partial charge in [-0.1, -0.05) is 0 Å². The van der Waals surface area contributed by atoms with E-state index in [1.165, 1.54) is 0 Å². The molecule has 0 aliphatic heterocycles. The third-order valence-electron chi connectivity index (χ3n) is 2.72. The summed E-state index contributed by atoms with van der Waals surface area (Å²) in [6.45, 7) is 2.50. The summed E-state index contributed by atoms with van der Waals surface area (Å²) in [6, 6.07) is 2.33.